The summed E-state index contributed by atoms with van der Waals surface area (Å²) in [5.41, 5.74) is 3.34. The molecule has 3 rings (SSSR count). The van der Waals surface area contributed by atoms with Crippen LogP contribution >= 0.6 is 24.0 Å². The molecule has 164 valence electrons. The fourth-order valence-electron chi connectivity index (χ4n) is 2.96. The first-order chi connectivity index (χ1) is 14.2. The minimum Gasteiger partial charge on any atom is -0.493 e. The molecule has 1 aliphatic heterocycles. The van der Waals surface area contributed by atoms with Crippen molar-refractivity contribution >= 4 is 29.9 Å². The summed E-state index contributed by atoms with van der Waals surface area (Å²) in [6.45, 7) is 4.90. The lowest BCUT2D eigenvalue weighted by molar-refractivity contribution is 0.171. The van der Waals surface area contributed by atoms with Crippen molar-refractivity contribution in [2.45, 2.75) is 26.4 Å². The Bertz CT molecular complexity index is 845. The Morgan fingerprint density at radius 2 is 1.83 bits per heavy atom. The van der Waals surface area contributed by atoms with Crippen LogP contribution in [0.4, 0.5) is 0 Å². The van der Waals surface area contributed by atoms with Gasteiger partial charge in [0.05, 0.1) is 6.61 Å². The number of nitrogens with one attached hydrogen (secondary N) is 2. The first-order valence-electron chi connectivity index (χ1n) is 9.74. The maximum absolute atomic E-state index is 5.95. The summed E-state index contributed by atoms with van der Waals surface area (Å²) < 4.78 is 21.8. The van der Waals surface area contributed by atoms with Gasteiger partial charge in [0.25, 0.3) is 0 Å². The number of guanidine groups is 1. The summed E-state index contributed by atoms with van der Waals surface area (Å²) in [6, 6.07) is 12.1. The average Bonchev–Trinajstić information content (AvgIpc) is 3.20. The summed E-state index contributed by atoms with van der Waals surface area (Å²) in [5, 5.41) is 6.67. The molecule has 0 amide bonds. The number of fused-ring (bicyclic) bond motifs is 1. The van der Waals surface area contributed by atoms with Gasteiger partial charge in [0.1, 0.15) is 5.75 Å². The number of ether oxygens (including phenoxy) is 4. The largest absolute Gasteiger partial charge is 0.493 e. The molecule has 0 fully saturated rings. The second-order valence-corrected chi connectivity index (χ2v) is 6.77. The van der Waals surface area contributed by atoms with Crippen molar-refractivity contribution in [3.05, 3.63) is 53.1 Å². The van der Waals surface area contributed by atoms with Crippen LogP contribution < -0.4 is 24.8 Å². The molecule has 1 heterocycles. The molecule has 0 unspecified atom stereocenters. The molecule has 30 heavy (non-hydrogen) atoms. The van der Waals surface area contributed by atoms with Crippen LogP contribution in [-0.2, 0) is 17.8 Å². The molecule has 2 aromatic rings. The topological polar surface area (TPSA) is 73.3 Å². The molecule has 0 saturated carbocycles. The van der Waals surface area contributed by atoms with E-state index in [0.717, 1.165) is 34.8 Å². The Kier molecular flexibility index (Phi) is 10.0. The van der Waals surface area contributed by atoms with Gasteiger partial charge >= 0.3 is 0 Å². The summed E-state index contributed by atoms with van der Waals surface area (Å²) in [4.78, 5) is 4.31. The zero-order valence-corrected chi connectivity index (χ0v) is 20.0. The van der Waals surface area contributed by atoms with Crippen molar-refractivity contribution < 1.29 is 18.9 Å². The van der Waals surface area contributed by atoms with Crippen LogP contribution in [0.25, 0.3) is 0 Å². The van der Waals surface area contributed by atoms with Crippen LogP contribution in [-0.4, -0.2) is 40.1 Å². The van der Waals surface area contributed by atoms with Crippen LogP contribution in [0.5, 0.6) is 17.2 Å². The van der Waals surface area contributed by atoms with Crippen LogP contribution in [0.15, 0.2) is 41.4 Å². The first kappa shape index (κ1) is 24.1. The second kappa shape index (κ2) is 12.5. The van der Waals surface area contributed by atoms with Gasteiger partial charge in [-0.2, -0.15) is 0 Å². The molecule has 7 nitrogen and oxygen atoms in total. The lowest BCUT2D eigenvalue weighted by Gasteiger charge is -2.15. The zero-order valence-electron chi connectivity index (χ0n) is 17.7. The third-order valence-corrected chi connectivity index (χ3v) is 4.54. The highest BCUT2D eigenvalue weighted by atomic mass is 127. The molecular formula is C22H30IN3O4. The van der Waals surface area contributed by atoms with E-state index in [1.807, 2.05) is 18.2 Å². The zero-order chi connectivity index (χ0) is 20.5. The van der Waals surface area contributed by atoms with Crippen LogP contribution in [0.2, 0.25) is 0 Å². The summed E-state index contributed by atoms with van der Waals surface area (Å²) >= 11 is 0. The van der Waals surface area contributed by atoms with Crippen molar-refractivity contribution in [3.63, 3.8) is 0 Å². The molecule has 0 bridgehead atoms. The van der Waals surface area contributed by atoms with Gasteiger partial charge in [0.15, 0.2) is 17.5 Å². The summed E-state index contributed by atoms with van der Waals surface area (Å²) in [5.74, 6) is 3.17. The number of aliphatic imine (C=N–C) groups is 1. The Balaban J connectivity index is 0.00000320. The summed E-state index contributed by atoms with van der Waals surface area (Å²) in [6.07, 6.45) is 0.857. The van der Waals surface area contributed by atoms with Crippen molar-refractivity contribution in [1.82, 2.24) is 10.6 Å². The van der Waals surface area contributed by atoms with Crippen LogP contribution in [0.1, 0.15) is 23.1 Å². The Morgan fingerprint density at radius 1 is 1.03 bits per heavy atom. The van der Waals surface area contributed by atoms with E-state index in [0.29, 0.717) is 32.3 Å². The number of rotatable bonds is 9. The van der Waals surface area contributed by atoms with Crippen LogP contribution in [0, 0.1) is 6.92 Å². The molecule has 2 N–H and O–H groups in total. The van der Waals surface area contributed by atoms with E-state index < -0.39 is 0 Å². The summed E-state index contributed by atoms with van der Waals surface area (Å²) in [7, 11) is 3.45. The lowest BCUT2D eigenvalue weighted by Crippen LogP contribution is -2.36. The minimum atomic E-state index is 0. The smallest absolute Gasteiger partial charge is 0.231 e. The maximum Gasteiger partial charge on any atom is 0.231 e. The van der Waals surface area contributed by atoms with E-state index in [9.17, 15) is 0 Å². The quantitative estimate of drug-likeness (QED) is 0.225. The fraction of sp³-hybridized carbons (Fsp3) is 0.409. The molecule has 0 aliphatic carbocycles. The molecule has 2 aromatic carbocycles. The third-order valence-electron chi connectivity index (χ3n) is 4.54. The third kappa shape index (κ3) is 6.94. The van der Waals surface area contributed by atoms with Crippen LogP contribution in [0.3, 0.4) is 0 Å². The number of methoxy groups -OCH3 is 1. The predicted octanol–water partition coefficient (Wildman–Crippen LogP) is 3.62. The number of hydrogen-bond donors (Lipinski definition) is 2. The molecule has 8 heteroatoms. The van der Waals surface area contributed by atoms with E-state index in [1.54, 1.807) is 14.2 Å². The SMILES string of the molecule is CN=C(NCc1ccc2c(c1)OCO2)NCc1ccc(C)cc1OCCCOC.I. The fourth-order valence-corrected chi connectivity index (χ4v) is 2.96. The molecule has 0 atom stereocenters. The molecular weight excluding hydrogens is 497 g/mol. The highest BCUT2D eigenvalue weighted by molar-refractivity contribution is 14.0. The van der Waals surface area contributed by atoms with Crippen molar-refractivity contribution in [2.75, 3.05) is 34.2 Å². The van der Waals surface area contributed by atoms with E-state index in [2.05, 4.69) is 40.7 Å². The van der Waals surface area contributed by atoms with Gasteiger partial charge in [-0.05, 0) is 36.2 Å². The van der Waals surface area contributed by atoms with Crippen molar-refractivity contribution in [2.24, 2.45) is 4.99 Å². The molecule has 0 radical (unpaired) electrons. The van der Waals surface area contributed by atoms with Gasteiger partial charge in [0, 0.05) is 45.8 Å². The number of aryl methyl sites for hydroxylation is 1. The van der Waals surface area contributed by atoms with Gasteiger partial charge in [-0.1, -0.05) is 18.2 Å². The second-order valence-electron chi connectivity index (χ2n) is 6.77. The molecule has 0 spiro atoms. The normalized spacial score (nSPS) is 12.3. The number of benzene rings is 2. The van der Waals surface area contributed by atoms with E-state index in [1.165, 1.54) is 5.56 Å². The first-order valence-corrected chi connectivity index (χ1v) is 9.74. The number of hydrogen-bond acceptors (Lipinski definition) is 5. The highest BCUT2D eigenvalue weighted by Gasteiger charge is 2.13. The van der Waals surface area contributed by atoms with Gasteiger partial charge in [-0.25, -0.2) is 0 Å². The van der Waals surface area contributed by atoms with Gasteiger partial charge in [0.2, 0.25) is 6.79 Å². The Labute approximate surface area is 195 Å². The van der Waals surface area contributed by atoms with E-state index >= 15 is 0 Å². The Morgan fingerprint density at radius 3 is 2.63 bits per heavy atom. The highest BCUT2D eigenvalue weighted by Crippen LogP contribution is 2.32. The maximum atomic E-state index is 5.95. The average molecular weight is 527 g/mol. The molecule has 0 aromatic heterocycles. The lowest BCUT2D eigenvalue weighted by atomic mass is 10.1. The van der Waals surface area contributed by atoms with Gasteiger partial charge in [-0.15, -0.1) is 24.0 Å². The van der Waals surface area contributed by atoms with Crippen molar-refractivity contribution in [1.29, 1.82) is 0 Å². The van der Waals surface area contributed by atoms with E-state index in [4.69, 9.17) is 18.9 Å². The van der Waals surface area contributed by atoms with Gasteiger partial charge < -0.3 is 29.6 Å². The standard InChI is InChI=1S/C22H29N3O4.HI/c1-16-5-7-18(20(11-16)27-10-4-9-26-3)14-25-22(23-2)24-13-17-6-8-19-21(12-17)29-15-28-19;/h5-8,11-12H,4,9-10,13-15H2,1-3H3,(H2,23,24,25);1H. The monoisotopic (exact) mass is 527 g/mol. The van der Waals surface area contributed by atoms with E-state index in [-0.39, 0.29) is 30.8 Å². The Hall–Kier alpha value is -2.20. The molecule has 0 saturated heterocycles. The molecule has 1 aliphatic rings. The number of nitrogens with zero attached hydrogens (tertiary/aromatic N) is 1. The minimum absolute atomic E-state index is 0. The number of halogens is 1. The predicted molar refractivity (Wildman–Crippen MR) is 128 cm³/mol. The van der Waals surface area contributed by atoms with Crippen molar-refractivity contribution in [3.8, 4) is 17.2 Å². The van der Waals surface area contributed by atoms with Gasteiger partial charge in [-0.3, -0.25) is 4.99 Å².